The van der Waals surface area contributed by atoms with E-state index in [0.29, 0.717) is 33.3 Å². The molecule has 1 heterocycles. The molecule has 1 aliphatic heterocycles. The van der Waals surface area contributed by atoms with Crippen LogP contribution in [0.15, 0.2) is 42.5 Å². The zero-order valence-corrected chi connectivity index (χ0v) is 16.0. The van der Waals surface area contributed by atoms with E-state index in [-0.39, 0.29) is 6.79 Å². The Morgan fingerprint density at radius 1 is 1.17 bits per heavy atom. The molecule has 0 saturated heterocycles. The smallest absolute Gasteiger partial charge is 0.337 e. The first kappa shape index (κ1) is 20.2. The Balaban J connectivity index is 1.49. The van der Waals surface area contributed by atoms with Crippen LogP contribution in [0.25, 0.3) is 6.08 Å². The highest BCUT2D eigenvalue weighted by Crippen LogP contribution is 2.40. The van der Waals surface area contributed by atoms with Crippen LogP contribution in [0, 0.1) is 0 Å². The Morgan fingerprint density at radius 2 is 1.93 bits per heavy atom. The van der Waals surface area contributed by atoms with Crippen LogP contribution in [-0.2, 0) is 19.1 Å². The standard InChI is InChI=1S/C20H16ClNO7/c1-26-20(25)13-3-5-14(6-4-13)22-17(23)10-27-18(24)7-2-12-8-15(21)19-16(9-12)28-11-29-19/h2-9H,10-11H2,1H3,(H,22,23)/b7-2-. The third kappa shape index (κ3) is 5.26. The third-order valence-electron chi connectivity index (χ3n) is 3.80. The number of fused-ring (bicyclic) bond motifs is 1. The van der Waals surface area contributed by atoms with Gasteiger partial charge in [-0.05, 0) is 48.0 Å². The summed E-state index contributed by atoms with van der Waals surface area (Å²) in [7, 11) is 1.28. The van der Waals surface area contributed by atoms with Crippen LogP contribution >= 0.6 is 11.6 Å². The molecule has 0 fully saturated rings. The molecule has 9 heteroatoms. The number of carbonyl (C=O) groups is 3. The van der Waals surface area contributed by atoms with Crippen molar-refractivity contribution in [2.75, 3.05) is 25.8 Å². The summed E-state index contributed by atoms with van der Waals surface area (Å²) in [6.07, 6.45) is 2.66. The first-order valence-corrected chi connectivity index (χ1v) is 8.76. The molecule has 2 aromatic rings. The summed E-state index contributed by atoms with van der Waals surface area (Å²) in [5, 5.41) is 2.92. The highest BCUT2D eigenvalue weighted by atomic mass is 35.5. The zero-order valence-electron chi connectivity index (χ0n) is 15.3. The summed E-state index contributed by atoms with van der Waals surface area (Å²) in [6, 6.07) is 9.37. The zero-order chi connectivity index (χ0) is 20.8. The van der Waals surface area contributed by atoms with Crippen molar-refractivity contribution >= 4 is 41.2 Å². The molecule has 8 nitrogen and oxygen atoms in total. The normalized spacial score (nSPS) is 11.9. The van der Waals surface area contributed by atoms with Crippen LogP contribution in [0.4, 0.5) is 5.69 Å². The van der Waals surface area contributed by atoms with E-state index in [1.54, 1.807) is 12.1 Å². The molecule has 0 atom stereocenters. The Morgan fingerprint density at radius 3 is 2.66 bits per heavy atom. The number of anilines is 1. The van der Waals surface area contributed by atoms with Crippen molar-refractivity contribution in [1.82, 2.24) is 0 Å². The molecule has 2 aromatic carbocycles. The van der Waals surface area contributed by atoms with Crippen LogP contribution in [0.1, 0.15) is 15.9 Å². The predicted molar refractivity (Wildman–Crippen MR) is 104 cm³/mol. The van der Waals surface area contributed by atoms with Crippen LogP contribution < -0.4 is 14.8 Å². The number of carbonyl (C=O) groups excluding carboxylic acids is 3. The molecule has 150 valence electrons. The molecule has 0 saturated carbocycles. The fourth-order valence-electron chi connectivity index (χ4n) is 2.44. The van der Waals surface area contributed by atoms with Crippen LogP contribution in [-0.4, -0.2) is 38.4 Å². The van der Waals surface area contributed by atoms with Gasteiger partial charge < -0.3 is 24.3 Å². The maximum Gasteiger partial charge on any atom is 0.337 e. The maximum absolute atomic E-state index is 11.9. The summed E-state index contributed by atoms with van der Waals surface area (Å²) in [4.78, 5) is 35.1. The molecule has 1 N–H and O–H groups in total. The number of methoxy groups -OCH3 is 1. The topological polar surface area (TPSA) is 100 Å². The van der Waals surface area contributed by atoms with Crippen LogP contribution in [0.2, 0.25) is 5.02 Å². The van der Waals surface area contributed by atoms with Gasteiger partial charge in [0, 0.05) is 11.8 Å². The van der Waals surface area contributed by atoms with Crippen molar-refractivity contribution < 1.29 is 33.3 Å². The Bertz CT molecular complexity index is 970. The van der Waals surface area contributed by atoms with Crippen LogP contribution in [0.5, 0.6) is 11.5 Å². The first-order valence-electron chi connectivity index (χ1n) is 8.38. The molecule has 0 radical (unpaired) electrons. The fraction of sp³-hybridized carbons (Fsp3) is 0.150. The molecular weight excluding hydrogens is 402 g/mol. The van der Waals surface area contributed by atoms with Gasteiger partial charge in [0.15, 0.2) is 18.1 Å². The van der Waals surface area contributed by atoms with E-state index in [9.17, 15) is 14.4 Å². The monoisotopic (exact) mass is 417 g/mol. The Hall–Kier alpha value is -3.52. The van der Waals surface area contributed by atoms with E-state index in [0.717, 1.165) is 0 Å². The number of nitrogens with one attached hydrogen (secondary N) is 1. The maximum atomic E-state index is 11.9. The van der Waals surface area contributed by atoms with Crippen molar-refractivity contribution in [3.63, 3.8) is 0 Å². The number of amides is 1. The molecule has 1 amide bonds. The molecule has 0 aliphatic carbocycles. The highest BCUT2D eigenvalue weighted by Gasteiger charge is 2.17. The van der Waals surface area contributed by atoms with E-state index in [1.807, 2.05) is 0 Å². The highest BCUT2D eigenvalue weighted by molar-refractivity contribution is 6.32. The van der Waals surface area contributed by atoms with Gasteiger partial charge in [-0.15, -0.1) is 0 Å². The van der Waals surface area contributed by atoms with Gasteiger partial charge in [-0.25, -0.2) is 9.59 Å². The molecule has 3 rings (SSSR count). The van der Waals surface area contributed by atoms with E-state index in [4.69, 9.17) is 25.8 Å². The van der Waals surface area contributed by atoms with Crippen molar-refractivity contribution in [2.24, 2.45) is 0 Å². The fourth-order valence-corrected chi connectivity index (χ4v) is 2.71. The lowest BCUT2D eigenvalue weighted by molar-refractivity contribution is -0.142. The van der Waals surface area contributed by atoms with Gasteiger partial charge in [-0.1, -0.05) is 11.6 Å². The quantitative estimate of drug-likeness (QED) is 0.569. The lowest BCUT2D eigenvalue weighted by atomic mass is 10.2. The summed E-state index contributed by atoms with van der Waals surface area (Å²) in [5.41, 5.74) is 1.42. The van der Waals surface area contributed by atoms with Crippen molar-refractivity contribution in [1.29, 1.82) is 0 Å². The number of hydrogen-bond donors (Lipinski definition) is 1. The second-order valence-corrected chi connectivity index (χ2v) is 6.20. The number of rotatable bonds is 6. The van der Waals surface area contributed by atoms with Gasteiger partial charge in [0.2, 0.25) is 6.79 Å². The molecule has 0 spiro atoms. The SMILES string of the molecule is COC(=O)c1ccc(NC(=O)COC(=O)/C=C\c2cc(Cl)c3c(c2)OCO3)cc1. The van der Waals surface area contributed by atoms with Gasteiger partial charge in [0.1, 0.15) is 0 Å². The number of esters is 2. The summed E-state index contributed by atoms with van der Waals surface area (Å²) < 4.78 is 20.0. The van der Waals surface area contributed by atoms with Crippen molar-refractivity contribution in [3.05, 3.63) is 58.6 Å². The van der Waals surface area contributed by atoms with E-state index < -0.39 is 24.5 Å². The number of halogens is 1. The van der Waals surface area contributed by atoms with Crippen molar-refractivity contribution in [2.45, 2.75) is 0 Å². The second kappa shape index (κ2) is 9.11. The number of benzene rings is 2. The van der Waals surface area contributed by atoms with E-state index in [1.165, 1.54) is 43.5 Å². The predicted octanol–water partition coefficient (Wildman–Crippen LogP) is 3.05. The van der Waals surface area contributed by atoms with Gasteiger partial charge in [0.25, 0.3) is 5.91 Å². The minimum absolute atomic E-state index is 0.0881. The molecule has 0 bridgehead atoms. The lowest BCUT2D eigenvalue weighted by Crippen LogP contribution is -2.20. The van der Waals surface area contributed by atoms with Gasteiger partial charge in [-0.3, -0.25) is 4.79 Å². The second-order valence-electron chi connectivity index (χ2n) is 5.79. The summed E-state index contributed by atoms with van der Waals surface area (Å²) in [5.74, 6) is -0.753. The minimum atomic E-state index is -0.699. The average molecular weight is 418 g/mol. The average Bonchev–Trinajstić information content (AvgIpc) is 3.20. The molecule has 29 heavy (non-hydrogen) atoms. The van der Waals surface area contributed by atoms with Crippen molar-refractivity contribution in [3.8, 4) is 11.5 Å². The summed E-state index contributed by atoms with van der Waals surface area (Å²) in [6.45, 7) is -0.380. The molecule has 0 aromatic heterocycles. The molecule has 0 unspecified atom stereocenters. The van der Waals surface area contributed by atoms with Crippen LogP contribution in [0.3, 0.4) is 0 Å². The van der Waals surface area contributed by atoms with Gasteiger partial charge >= 0.3 is 11.9 Å². The lowest BCUT2D eigenvalue weighted by Gasteiger charge is -2.06. The molecular formula is C20H16ClNO7. The summed E-state index contributed by atoms with van der Waals surface area (Å²) >= 11 is 6.07. The minimum Gasteiger partial charge on any atom is -0.465 e. The Kier molecular flexibility index (Phi) is 6.36. The van der Waals surface area contributed by atoms with Gasteiger partial charge in [-0.2, -0.15) is 0 Å². The number of ether oxygens (including phenoxy) is 4. The van der Waals surface area contributed by atoms with E-state index >= 15 is 0 Å². The largest absolute Gasteiger partial charge is 0.465 e. The van der Waals surface area contributed by atoms with Gasteiger partial charge in [0.05, 0.1) is 17.7 Å². The van der Waals surface area contributed by atoms with E-state index in [2.05, 4.69) is 10.1 Å². The Labute approximate surface area is 171 Å². The molecule has 1 aliphatic rings. The first-order chi connectivity index (χ1) is 14.0. The number of hydrogen-bond acceptors (Lipinski definition) is 7. The third-order valence-corrected chi connectivity index (χ3v) is 4.08.